The number of hydrogen-bond acceptors (Lipinski definition) is 4. The molecule has 1 fully saturated rings. The van der Waals surface area contributed by atoms with Gasteiger partial charge in [-0.2, -0.15) is 0 Å². The van der Waals surface area contributed by atoms with Gasteiger partial charge in [0.15, 0.2) is 0 Å². The fourth-order valence-corrected chi connectivity index (χ4v) is 2.49. The van der Waals surface area contributed by atoms with Crippen LogP contribution in [0.15, 0.2) is 28.9 Å². The molecular formula is C15H17ClF2N4O. The number of likely N-dealkylation sites (N-methyl/N-ethyl adjacent to an activating group) is 1. The summed E-state index contributed by atoms with van der Waals surface area (Å²) in [5.41, 5.74) is 0.252. The molecule has 8 heteroatoms. The fraction of sp³-hybridized carbons (Fsp3) is 0.333. The molecule has 1 aliphatic heterocycles. The summed E-state index contributed by atoms with van der Waals surface area (Å²) in [5, 5.41) is 9.65. The molecule has 0 unspecified atom stereocenters. The number of piperazine rings is 1. The largest absolute Gasteiger partial charge is 0.366 e. The molecule has 2 N–H and O–H groups in total. The molecule has 1 saturated heterocycles. The summed E-state index contributed by atoms with van der Waals surface area (Å²) >= 11 is 6.07. The molecule has 1 aromatic rings. The zero-order chi connectivity index (χ0) is 17.0. The molecule has 0 radical (unpaired) electrons. The maximum Gasteiger partial charge on any atom is 0.269 e. The van der Waals surface area contributed by atoms with Crippen LogP contribution in [0.2, 0.25) is 0 Å². The number of allylic oxidation sites excluding steroid dienone is 1. The molecule has 0 saturated carbocycles. The summed E-state index contributed by atoms with van der Waals surface area (Å²) in [5.74, 6) is -2.31. The van der Waals surface area contributed by atoms with Crippen LogP contribution in [-0.4, -0.2) is 55.1 Å². The van der Waals surface area contributed by atoms with Gasteiger partial charge in [0.1, 0.15) is 16.7 Å². The van der Waals surface area contributed by atoms with E-state index in [0.29, 0.717) is 19.2 Å². The first kappa shape index (κ1) is 17.4. The average molecular weight is 343 g/mol. The minimum atomic E-state index is -0.799. The minimum absolute atomic E-state index is 0.0339. The van der Waals surface area contributed by atoms with Gasteiger partial charge in [0, 0.05) is 44.1 Å². The van der Waals surface area contributed by atoms with Crippen molar-refractivity contribution < 1.29 is 13.6 Å². The molecule has 0 aliphatic carbocycles. The van der Waals surface area contributed by atoms with Gasteiger partial charge < -0.3 is 20.5 Å². The smallest absolute Gasteiger partial charge is 0.269 e. The third kappa shape index (κ3) is 4.49. The van der Waals surface area contributed by atoms with Crippen molar-refractivity contribution in [3.8, 4) is 0 Å². The van der Waals surface area contributed by atoms with Crippen LogP contribution < -0.4 is 5.32 Å². The second-order valence-corrected chi connectivity index (χ2v) is 5.62. The fourth-order valence-electron chi connectivity index (χ4n) is 2.27. The van der Waals surface area contributed by atoms with Crippen molar-refractivity contribution in [1.29, 1.82) is 5.41 Å². The Morgan fingerprint density at radius 1 is 1.22 bits per heavy atom. The highest BCUT2D eigenvalue weighted by molar-refractivity contribution is 6.45. The highest BCUT2D eigenvalue weighted by Gasteiger charge is 2.21. The van der Waals surface area contributed by atoms with E-state index in [1.165, 1.54) is 0 Å². The Morgan fingerprint density at radius 3 is 2.30 bits per heavy atom. The number of carbonyl (C=O) groups excluding carboxylic acids is 1. The zero-order valence-corrected chi connectivity index (χ0v) is 13.3. The van der Waals surface area contributed by atoms with E-state index < -0.39 is 17.5 Å². The quantitative estimate of drug-likeness (QED) is 0.652. The zero-order valence-electron chi connectivity index (χ0n) is 12.6. The molecule has 1 heterocycles. The topological polar surface area (TPSA) is 59.4 Å². The van der Waals surface area contributed by atoms with Crippen molar-refractivity contribution in [2.45, 2.75) is 0 Å². The summed E-state index contributed by atoms with van der Waals surface area (Å²) in [7, 11) is 1.98. The number of anilines is 1. The molecule has 0 aromatic heterocycles. The molecule has 23 heavy (non-hydrogen) atoms. The van der Waals surface area contributed by atoms with Crippen LogP contribution in [0.3, 0.4) is 0 Å². The molecule has 0 bridgehead atoms. The number of nitrogens with one attached hydrogen (secondary N) is 2. The van der Waals surface area contributed by atoms with Gasteiger partial charge in [-0.3, -0.25) is 4.79 Å². The Bertz CT molecular complexity index is 622. The number of nitrogens with zero attached hydrogens (tertiary/aromatic N) is 2. The maximum atomic E-state index is 13.1. The molecule has 5 nitrogen and oxygen atoms in total. The lowest BCUT2D eigenvalue weighted by molar-refractivity contribution is -0.112. The number of benzene rings is 1. The van der Waals surface area contributed by atoms with E-state index in [4.69, 9.17) is 17.0 Å². The van der Waals surface area contributed by atoms with E-state index in [9.17, 15) is 13.6 Å². The summed E-state index contributed by atoms with van der Waals surface area (Å²) in [4.78, 5) is 16.1. The highest BCUT2D eigenvalue weighted by atomic mass is 35.5. The maximum absolute atomic E-state index is 13.1. The predicted octanol–water partition coefficient (Wildman–Crippen LogP) is 2.25. The SMILES string of the molecule is CN1CCN(/C(C=N)=C(\Cl)C(=O)Nc2cc(F)cc(F)c2)CC1. The Balaban J connectivity index is 2.16. The number of hydrogen-bond donors (Lipinski definition) is 2. The van der Waals surface area contributed by atoms with Gasteiger partial charge in [0.2, 0.25) is 0 Å². The van der Waals surface area contributed by atoms with E-state index in [-0.39, 0.29) is 16.4 Å². The molecule has 1 aromatic carbocycles. The van der Waals surface area contributed by atoms with E-state index in [0.717, 1.165) is 31.4 Å². The standard InChI is InChI=1S/C15H17ClF2N4O/c1-21-2-4-22(5-3-21)13(9-19)14(16)15(23)20-12-7-10(17)6-11(18)8-12/h6-9,19H,2-5H2,1H3,(H,20,23)/b14-13-,19-9?. The minimum Gasteiger partial charge on any atom is -0.366 e. The third-order valence-corrected chi connectivity index (χ3v) is 3.89. The normalized spacial score (nSPS) is 16.8. The van der Waals surface area contributed by atoms with Gasteiger partial charge in [0.05, 0.1) is 5.70 Å². The van der Waals surface area contributed by atoms with Crippen LogP contribution in [0.1, 0.15) is 0 Å². The molecule has 0 atom stereocenters. The first-order chi connectivity index (χ1) is 10.9. The van der Waals surface area contributed by atoms with E-state index in [1.807, 2.05) is 11.9 Å². The second-order valence-electron chi connectivity index (χ2n) is 5.25. The van der Waals surface area contributed by atoms with Crippen LogP contribution in [0.5, 0.6) is 0 Å². The Kier molecular flexibility index (Phi) is 5.68. The van der Waals surface area contributed by atoms with Crippen LogP contribution in [-0.2, 0) is 4.79 Å². The molecule has 1 amide bonds. The second kappa shape index (κ2) is 7.52. The van der Waals surface area contributed by atoms with Crippen molar-refractivity contribution in [3.63, 3.8) is 0 Å². The summed E-state index contributed by atoms with van der Waals surface area (Å²) < 4.78 is 26.3. The van der Waals surface area contributed by atoms with E-state index >= 15 is 0 Å². The first-order valence-electron chi connectivity index (χ1n) is 7.02. The first-order valence-corrected chi connectivity index (χ1v) is 7.39. The van der Waals surface area contributed by atoms with E-state index in [1.54, 1.807) is 0 Å². The Morgan fingerprint density at radius 2 is 1.78 bits per heavy atom. The third-order valence-electron chi connectivity index (χ3n) is 3.53. The number of rotatable bonds is 4. The van der Waals surface area contributed by atoms with E-state index in [2.05, 4.69) is 10.2 Å². The number of halogens is 3. The molecular weight excluding hydrogens is 326 g/mol. The lowest BCUT2D eigenvalue weighted by Crippen LogP contribution is -2.44. The van der Waals surface area contributed by atoms with Crippen molar-refractivity contribution in [3.05, 3.63) is 40.6 Å². The van der Waals surface area contributed by atoms with Gasteiger partial charge in [-0.25, -0.2) is 8.78 Å². The lowest BCUT2D eigenvalue weighted by Gasteiger charge is -2.34. The van der Waals surface area contributed by atoms with Gasteiger partial charge in [-0.1, -0.05) is 11.6 Å². The van der Waals surface area contributed by atoms with Crippen LogP contribution in [0.4, 0.5) is 14.5 Å². The van der Waals surface area contributed by atoms with Crippen molar-refractivity contribution in [2.24, 2.45) is 0 Å². The average Bonchev–Trinajstić information content (AvgIpc) is 2.48. The predicted molar refractivity (Wildman–Crippen MR) is 85.7 cm³/mol. The highest BCUT2D eigenvalue weighted by Crippen LogP contribution is 2.19. The summed E-state index contributed by atoms with van der Waals surface area (Å²) in [6.45, 7) is 2.86. The molecule has 2 rings (SSSR count). The number of carbonyl (C=O) groups is 1. The van der Waals surface area contributed by atoms with Gasteiger partial charge in [0.25, 0.3) is 5.91 Å². The van der Waals surface area contributed by atoms with Crippen LogP contribution in [0, 0.1) is 17.0 Å². The lowest BCUT2D eigenvalue weighted by atomic mass is 10.2. The Hall–Kier alpha value is -1.99. The number of amides is 1. The van der Waals surface area contributed by atoms with Crippen molar-refractivity contribution in [2.75, 3.05) is 38.5 Å². The molecule has 0 spiro atoms. The van der Waals surface area contributed by atoms with Crippen LogP contribution >= 0.6 is 11.6 Å². The van der Waals surface area contributed by atoms with Gasteiger partial charge in [-0.15, -0.1) is 0 Å². The summed E-state index contributed by atoms with van der Waals surface area (Å²) in [6.07, 6.45) is 1.01. The molecule has 1 aliphatic rings. The van der Waals surface area contributed by atoms with Crippen molar-refractivity contribution >= 4 is 29.4 Å². The monoisotopic (exact) mass is 342 g/mol. The summed E-state index contributed by atoms with van der Waals surface area (Å²) in [6, 6.07) is 2.69. The molecule has 124 valence electrons. The van der Waals surface area contributed by atoms with Crippen LogP contribution in [0.25, 0.3) is 0 Å². The van der Waals surface area contributed by atoms with Gasteiger partial charge in [-0.05, 0) is 19.2 Å². The van der Waals surface area contributed by atoms with Crippen molar-refractivity contribution in [1.82, 2.24) is 9.80 Å². The Labute approximate surface area is 138 Å². The van der Waals surface area contributed by atoms with Gasteiger partial charge >= 0.3 is 0 Å².